The lowest BCUT2D eigenvalue weighted by atomic mass is 10.1. The summed E-state index contributed by atoms with van der Waals surface area (Å²) < 4.78 is 5.57. The Morgan fingerprint density at radius 1 is 1.27 bits per heavy atom. The fourth-order valence-electron chi connectivity index (χ4n) is 2.71. The van der Waals surface area contributed by atoms with Gasteiger partial charge in [-0.2, -0.15) is 10.2 Å². The van der Waals surface area contributed by atoms with Gasteiger partial charge in [0.25, 0.3) is 5.91 Å². The first kappa shape index (κ1) is 18.8. The smallest absolute Gasteiger partial charge is 0.251 e. The number of carbonyl (C=O) groups is 1. The molecule has 8 heteroatoms. The van der Waals surface area contributed by atoms with Crippen LogP contribution in [0.15, 0.2) is 39.4 Å². The summed E-state index contributed by atoms with van der Waals surface area (Å²) in [6.45, 7) is 5.01. The van der Waals surface area contributed by atoms with E-state index in [1.165, 1.54) is 0 Å². The van der Waals surface area contributed by atoms with Gasteiger partial charge in [-0.3, -0.25) is 14.2 Å². The summed E-state index contributed by atoms with van der Waals surface area (Å²) in [6.07, 6.45) is 1.72. The Morgan fingerprint density at radius 2 is 2.04 bits per heavy atom. The van der Waals surface area contributed by atoms with Gasteiger partial charge in [0.15, 0.2) is 0 Å². The fourth-order valence-corrected chi connectivity index (χ4v) is 3.49. The molecular formula is C18H19Br2N5O. The highest BCUT2D eigenvalue weighted by atomic mass is 79.9. The number of benzene rings is 1. The number of nitrogens with zero attached hydrogens (tertiary/aromatic N) is 4. The maximum atomic E-state index is 12.5. The number of aromatic nitrogens is 4. The lowest BCUT2D eigenvalue weighted by Gasteiger charge is -2.09. The Labute approximate surface area is 168 Å². The van der Waals surface area contributed by atoms with E-state index >= 15 is 0 Å². The molecule has 0 saturated carbocycles. The van der Waals surface area contributed by atoms with Gasteiger partial charge in [0.1, 0.15) is 0 Å². The van der Waals surface area contributed by atoms with Crippen LogP contribution in [0.2, 0.25) is 0 Å². The van der Waals surface area contributed by atoms with Gasteiger partial charge >= 0.3 is 0 Å². The minimum absolute atomic E-state index is 0.116. The van der Waals surface area contributed by atoms with E-state index in [1.807, 2.05) is 49.8 Å². The topological polar surface area (TPSA) is 64.7 Å². The summed E-state index contributed by atoms with van der Waals surface area (Å²) >= 11 is 6.98. The van der Waals surface area contributed by atoms with E-state index in [0.717, 1.165) is 31.6 Å². The van der Waals surface area contributed by atoms with Crippen LogP contribution in [-0.4, -0.2) is 25.5 Å². The number of carbonyl (C=O) groups excluding carboxylic acids is 1. The van der Waals surface area contributed by atoms with Crippen LogP contribution < -0.4 is 5.32 Å². The molecule has 0 bridgehead atoms. The number of aryl methyl sites for hydroxylation is 2. The van der Waals surface area contributed by atoms with Crippen LogP contribution in [0.4, 0.5) is 0 Å². The van der Waals surface area contributed by atoms with Crippen molar-refractivity contribution in [2.24, 2.45) is 7.05 Å². The van der Waals surface area contributed by atoms with E-state index < -0.39 is 0 Å². The molecule has 0 saturated heterocycles. The fraction of sp³-hybridized carbons (Fsp3) is 0.278. The molecule has 26 heavy (non-hydrogen) atoms. The average Bonchev–Trinajstić information content (AvgIpc) is 3.07. The Kier molecular flexibility index (Phi) is 5.62. The summed E-state index contributed by atoms with van der Waals surface area (Å²) in [7, 11) is 1.85. The van der Waals surface area contributed by atoms with Crippen molar-refractivity contribution in [1.82, 2.24) is 24.9 Å². The van der Waals surface area contributed by atoms with Crippen molar-refractivity contribution >= 4 is 37.8 Å². The van der Waals surface area contributed by atoms with E-state index in [-0.39, 0.29) is 5.91 Å². The molecule has 3 rings (SSSR count). The van der Waals surface area contributed by atoms with Gasteiger partial charge in [-0.15, -0.1) is 0 Å². The van der Waals surface area contributed by atoms with Crippen LogP contribution in [0.5, 0.6) is 0 Å². The molecular weight excluding hydrogens is 462 g/mol. The third-order valence-corrected chi connectivity index (χ3v) is 6.05. The zero-order chi connectivity index (χ0) is 18.8. The number of hydrogen-bond donors (Lipinski definition) is 1. The highest BCUT2D eigenvalue weighted by Gasteiger charge is 2.12. The standard InChI is InChI=1S/C18H19Br2N5O/c1-11-17(20)12(2)25(23-11)10-13-5-4-6-14(7-13)18(26)21-9-16-15(19)8-22-24(16)3/h4-8H,9-10H2,1-3H3,(H,21,26). The van der Waals surface area contributed by atoms with Crippen LogP contribution in [0.25, 0.3) is 0 Å². The predicted octanol–water partition coefficient (Wildman–Crippen LogP) is 3.74. The normalized spacial score (nSPS) is 11.0. The monoisotopic (exact) mass is 479 g/mol. The number of halogens is 2. The second-order valence-electron chi connectivity index (χ2n) is 6.09. The van der Waals surface area contributed by atoms with Gasteiger partial charge in [0.2, 0.25) is 0 Å². The summed E-state index contributed by atoms with van der Waals surface area (Å²) in [4.78, 5) is 12.5. The van der Waals surface area contributed by atoms with E-state index in [2.05, 4.69) is 47.4 Å². The summed E-state index contributed by atoms with van der Waals surface area (Å²) in [6, 6.07) is 7.61. The molecule has 0 aliphatic heterocycles. The third kappa shape index (κ3) is 3.91. The molecule has 136 valence electrons. The molecule has 1 aromatic carbocycles. The number of amides is 1. The average molecular weight is 481 g/mol. The molecule has 0 radical (unpaired) electrons. The van der Waals surface area contributed by atoms with Gasteiger partial charge in [-0.25, -0.2) is 0 Å². The van der Waals surface area contributed by atoms with Gasteiger partial charge < -0.3 is 5.32 Å². The maximum Gasteiger partial charge on any atom is 0.251 e. The number of rotatable bonds is 5. The van der Waals surface area contributed by atoms with Crippen molar-refractivity contribution in [3.05, 3.63) is 67.6 Å². The molecule has 0 atom stereocenters. The van der Waals surface area contributed by atoms with E-state index in [0.29, 0.717) is 18.7 Å². The Balaban J connectivity index is 1.72. The summed E-state index contributed by atoms with van der Waals surface area (Å²) in [5.74, 6) is -0.116. The second-order valence-corrected chi connectivity index (χ2v) is 7.74. The second kappa shape index (κ2) is 7.75. The first-order valence-electron chi connectivity index (χ1n) is 8.10. The van der Waals surface area contributed by atoms with Gasteiger partial charge in [-0.1, -0.05) is 12.1 Å². The lowest BCUT2D eigenvalue weighted by molar-refractivity contribution is 0.0950. The zero-order valence-electron chi connectivity index (χ0n) is 14.8. The zero-order valence-corrected chi connectivity index (χ0v) is 17.9. The van der Waals surface area contributed by atoms with Crippen LogP contribution in [0, 0.1) is 13.8 Å². The van der Waals surface area contributed by atoms with E-state index in [1.54, 1.807) is 10.9 Å². The van der Waals surface area contributed by atoms with Crippen molar-refractivity contribution in [2.75, 3.05) is 0 Å². The van der Waals surface area contributed by atoms with Crippen molar-refractivity contribution in [1.29, 1.82) is 0 Å². The van der Waals surface area contributed by atoms with Crippen LogP contribution in [0.3, 0.4) is 0 Å². The molecule has 3 aromatic rings. The van der Waals surface area contributed by atoms with Gasteiger partial charge in [0.05, 0.1) is 45.3 Å². The largest absolute Gasteiger partial charge is 0.346 e. The third-order valence-electron chi connectivity index (χ3n) is 4.24. The number of nitrogens with one attached hydrogen (secondary N) is 1. The minimum atomic E-state index is -0.116. The van der Waals surface area contributed by atoms with Crippen molar-refractivity contribution < 1.29 is 4.79 Å². The molecule has 1 amide bonds. The summed E-state index contributed by atoms with van der Waals surface area (Å²) in [5, 5.41) is 11.6. The molecule has 6 nitrogen and oxygen atoms in total. The Bertz CT molecular complexity index is 941. The maximum absolute atomic E-state index is 12.5. The molecule has 0 spiro atoms. The van der Waals surface area contributed by atoms with Crippen LogP contribution in [-0.2, 0) is 20.1 Å². The van der Waals surface area contributed by atoms with Crippen molar-refractivity contribution in [3.8, 4) is 0 Å². The quantitative estimate of drug-likeness (QED) is 0.605. The SMILES string of the molecule is Cc1nn(Cc2cccc(C(=O)NCc3c(Br)cnn3C)c2)c(C)c1Br. The highest BCUT2D eigenvalue weighted by molar-refractivity contribution is 9.10. The number of hydrogen-bond acceptors (Lipinski definition) is 3. The molecule has 1 N–H and O–H groups in total. The first-order chi connectivity index (χ1) is 12.4. The van der Waals surface area contributed by atoms with Gasteiger partial charge in [0, 0.05) is 12.6 Å². The molecule has 0 aliphatic rings. The molecule has 2 aromatic heterocycles. The summed E-state index contributed by atoms with van der Waals surface area (Å²) in [5.41, 5.74) is 4.59. The molecule has 0 fully saturated rings. The van der Waals surface area contributed by atoms with Gasteiger partial charge in [-0.05, 0) is 63.4 Å². The van der Waals surface area contributed by atoms with E-state index in [9.17, 15) is 4.79 Å². The highest BCUT2D eigenvalue weighted by Crippen LogP contribution is 2.21. The van der Waals surface area contributed by atoms with Crippen LogP contribution in [0.1, 0.15) is 33.0 Å². The lowest BCUT2D eigenvalue weighted by Crippen LogP contribution is -2.24. The molecule has 0 aliphatic carbocycles. The predicted molar refractivity (Wildman–Crippen MR) is 107 cm³/mol. The Morgan fingerprint density at radius 3 is 2.65 bits per heavy atom. The minimum Gasteiger partial charge on any atom is -0.346 e. The van der Waals surface area contributed by atoms with Crippen molar-refractivity contribution in [3.63, 3.8) is 0 Å². The van der Waals surface area contributed by atoms with Crippen molar-refractivity contribution in [2.45, 2.75) is 26.9 Å². The van der Waals surface area contributed by atoms with Crippen LogP contribution >= 0.6 is 31.9 Å². The first-order valence-corrected chi connectivity index (χ1v) is 9.68. The Hall–Kier alpha value is -1.93. The molecule has 2 heterocycles. The molecule has 0 unspecified atom stereocenters. The van der Waals surface area contributed by atoms with E-state index in [4.69, 9.17) is 0 Å².